The number of methoxy groups -OCH3 is 4. The lowest BCUT2D eigenvalue weighted by molar-refractivity contribution is 0.356. The van der Waals surface area contributed by atoms with E-state index in [2.05, 4.69) is 6.07 Å². The molecule has 0 aliphatic rings. The number of hydrogen-bond donors (Lipinski definition) is 0. The third kappa shape index (κ3) is 3.62. The number of fused-ring (bicyclic) bond motifs is 1. The SMILES string of the molecule is COc1ccc(-c2cc3cc(OC)c(OC)cc3c(-c3ccc(OC)cc3)n2)cc1. The number of ether oxygens (including phenoxy) is 4. The molecule has 4 rings (SSSR count). The van der Waals surface area contributed by atoms with Gasteiger partial charge in [0.2, 0.25) is 0 Å². The number of hydrogen-bond acceptors (Lipinski definition) is 5. The van der Waals surface area contributed by atoms with E-state index in [4.69, 9.17) is 23.9 Å². The summed E-state index contributed by atoms with van der Waals surface area (Å²) in [4.78, 5) is 5.01. The summed E-state index contributed by atoms with van der Waals surface area (Å²) in [5.74, 6) is 2.95. The fourth-order valence-corrected chi connectivity index (χ4v) is 3.46. The van der Waals surface area contributed by atoms with Crippen LogP contribution in [0.2, 0.25) is 0 Å². The molecule has 0 fully saturated rings. The molecule has 0 N–H and O–H groups in total. The number of pyridine rings is 1. The third-order valence-electron chi connectivity index (χ3n) is 5.08. The highest BCUT2D eigenvalue weighted by Crippen LogP contribution is 2.38. The standard InChI is InChI=1S/C25H23NO4/c1-27-19-9-5-16(6-10-19)22-13-18-14-23(29-3)24(30-4)15-21(18)25(26-22)17-7-11-20(28-2)12-8-17/h5-15H,1-4H3. The Morgan fingerprint density at radius 1 is 0.567 bits per heavy atom. The van der Waals surface area contributed by atoms with Crippen LogP contribution in [-0.2, 0) is 0 Å². The van der Waals surface area contributed by atoms with Crippen molar-refractivity contribution in [3.05, 3.63) is 66.7 Å². The number of nitrogens with zero attached hydrogens (tertiary/aromatic N) is 1. The van der Waals surface area contributed by atoms with E-state index in [1.54, 1.807) is 28.4 Å². The van der Waals surface area contributed by atoms with Crippen LogP contribution in [0.5, 0.6) is 23.0 Å². The third-order valence-corrected chi connectivity index (χ3v) is 5.08. The molecule has 1 heterocycles. The smallest absolute Gasteiger partial charge is 0.161 e. The van der Waals surface area contributed by atoms with E-state index in [1.807, 2.05) is 60.7 Å². The fraction of sp³-hybridized carbons (Fsp3) is 0.160. The second-order valence-electron chi connectivity index (χ2n) is 6.74. The van der Waals surface area contributed by atoms with Crippen LogP contribution in [0.4, 0.5) is 0 Å². The van der Waals surface area contributed by atoms with Crippen molar-refractivity contribution in [3.8, 4) is 45.5 Å². The molecule has 3 aromatic carbocycles. The molecule has 0 saturated carbocycles. The second-order valence-corrected chi connectivity index (χ2v) is 6.74. The van der Waals surface area contributed by atoms with Gasteiger partial charge in [0.1, 0.15) is 11.5 Å². The molecule has 0 atom stereocenters. The van der Waals surface area contributed by atoms with E-state index in [1.165, 1.54) is 0 Å². The zero-order valence-electron chi connectivity index (χ0n) is 17.4. The highest BCUT2D eigenvalue weighted by atomic mass is 16.5. The summed E-state index contributed by atoms with van der Waals surface area (Å²) >= 11 is 0. The van der Waals surface area contributed by atoms with Gasteiger partial charge in [0, 0.05) is 16.5 Å². The summed E-state index contributed by atoms with van der Waals surface area (Å²) < 4.78 is 21.6. The maximum absolute atomic E-state index is 5.53. The summed E-state index contributed by atoms with van der Waals surface area (Å²) in [7, 11) is 6.59. The van der Waals surface area contributed by atoms with Gasteiger partial charge in [0.15, 0.2) is 11.5 Å². The van der Waals surface area contributed by atoms with Crippen molar-refractivity contribution in [1.29, 1.82) is 0 Å². The van der Waals surface area contributed by atoms with Gasteiger partial charge in [-0.1, -0.05) is 0 Å². The van der Waals surface area contributed by atoms with E-state index < -0.39 is 0 Å². The van der Waals surface area contributed by atoms with Gasteiger partial charge in [-0.15, -0.1) is 0 Å². The quantitative estimate of drug-likeness (QED) is 0.421. The molecule has 4 aromatic rings. The monoisotopic (exact) mass is 401 g/mol. The first kappa shape index (κ1) is 19.6. The Kier molecular flexibility index (Phi) is 5.44. The summed E-state index contributed by atoms with van der Waals surface area (Å²) in [5.41, 5.74) is 3.72. The van der Waals surface area contributed by atoms with Gasteiger partial charge < -0.3 is 18.9 Å². The first-order valence-electron chi connectivity index (χ1n) is 9.52. The molecule has 5 heteroatoms. The topological polar surface area (TPSA) is 49.8 Å². The van der Waals surface area contributed by atoms with Gasteiger partial charge in [0.05, 0.1) is 39.8 Å². The van der Waals surface area contributed by atoms with Crippen LogP contribution in [0.3, 0.4) is 0 Å². The maximum atomic E-state index is 5.53. The van der Waals surface area contributed by atoms with Crippen molar-refractivity contribution in [3.63, 3.8) is 0 Å². The van der Waals surface area contributed by atoms with Gasteiger partial charge in [0.25, 0.3) is 0 Å². The Hall–Kier alpha value is -3.73. The van der Waals surface area contributed by atoms with Gasteiger partial charge in [-0.25, -0.2) is 4.98 Å². The van der Waals surface area contributed by atoms with Crippen LogP contribution in [0, 0.1) is 0 Å². The molecule has 0 spiro atoms. The van der Waals surface area contributed by atoms with Crippen molar-refractivity contribution in [1.82, 2.24) is 4.98 Å². The lowest BCUT2D eigenvalue weighted by Gasteiger charge is -2.14. The zero-order valence-corrected chi connectivity index (χ0v) is 17.4. The first-order chi connectivity index (χ1) is 14.7. The summed E-state index contributed by atoms with van der Waals surface area (Å²) in [6.45, 7) is 0. The van der Waals surface area contributed by atoms with Gasteiger partial charge in [-0.2, -0.15) is 0 Å². The molecule has 0 bridgehead atoms. The van der Waals surface area contributed by atoms with Crippen LogP contribution in [0.1, 0.15) is 0 Å². The van der Waals surface area contributed by atoms with Gasteiger partial charge in [-0.05, 0) is 72.1 Å². The lowest BCUT2D eigenvalue weighted by atomic mass is 10.00. The molecule has 0 amide bonds. The summed E-state index contributed by atoms with van der Waals surface area (Å²) in [6, 6.07) is 21.8. The largest absolute Gasteiger partial charge is 0.497 e. The molecule has 0 saturated heterocycles. The molecule has 0 aliphatic heterocycles. The molecule has 0 aliphatic carbocycles. The fourth-order valence-electron chi connectivity index (χ4n) is 3.46. The van der Waals surface area contributed by atoms with Gasteiger partial charge in [-0.3, -0.25) is 0 Å². The Morgan fingerprint density at radius 2 is 1.10 bits per heavy atom. The predicted molar refractivity (Wildman–Crippen MR) is 119 cm³/mol. The average Bonchev–Trinajstić information content (AvgIpc) is 2.82. The Bertz CT molecular complexity index is 1170. The van der Waals surface area contributed by atoms with Crippen LogP contribution < -0.4 is 18.9 Å². The van der Waals surface area contributed by atoms with E-state index in [9.17, 15) is 0 Å². The van der Waals surface area contributed by atoms with Crippen LogP contribution >= 0.6 is 0 Å². The molecule has 0 radical (unpaired) electrons. The molecule has 5 nitrogen and oxygen atoms in total. The number of rotatable bonds is 6. The minimum Gasteiger partial charge on any atom is -0.497 e. The molecule has 152 valence electrons. The minimum absolute atomic E-state index is 0.666. The predicted octanol–water partition coefficient (Wildman–Crippen LogP) is 5.60. The minimum atomic E-state index is 0.666. The number of benzene rings is 3. The second kappa shape index (κ2) is 8.33. The molecule has 30 heavy (non-hydrogen) atoms. The highest BCUT2D eigenvalue weighted by molar-refractivity contribution is 5.99. The molecule has 0 unspecified atom stereocenters. The van der Waals surface area contributed by atoms with Crippen molar-refractivity contribution < 1.29 is 18.9 Å². The van der Waals surface area contributed by atoms with E-state index in [-0.39, 0.29) is 0 Å². The maximum Gasteiger partial charge on any atom is 0.161 e. The van der Waals surface area contributed by atoms with E-state index >= 15 is 0 Å². The highest BCUT2D eigenvalue weighted by Gasteiger charge is 2.14. The first-order valence-corrected chi connectivity index (χ1v) is 9.52. The average molecular weight is 401 g/mol. The summed E-state index contributed by atoms with van der Waals surface area (Å²) in [6.07, 6.45) is 0. The van der Waals surface area contributed by atoms with Crippen molar-refractivity contribution in [2.75, 3.05) is 28.4 Å². The Morgan fingerprint density at radius 3 is 1.63 bits per heavy atom. The zero-order chi connectivity index (χ0) is 21.1. The van der Waals surface area contributed by atoms with Crippen molar-refractivity contribution in [2.45, 2.75) is 0 Å². The van der Waals surface area contributed by atoms with E-state index in [0.717, 1.165) is 44.8 Å². The normalized spacial score (nSPS) is 10.7. The Balaban J connectivity index is 1.96. The summed E-state index contributed by atoms with van der Waals surface area (Å²) in [5, 5.41) is 1.99. The molecular formula is C25H23NO4. The van der Waals surface area contributed by atoms with Crippen molar-refractivity contribution in [2.24, 2.45) is 0 Å². The van der Waals surface area contributed by atoms with Crippen LogP contribution in [0.25, 0.3) is 33.3 Å². The lowest BCUT2D eigenvalue weighted by Crippen LogP contribution is -1.95. The van der Waals surface area contributed by atoms with E-state index in [0.29, 0.717) is 11.5 Å². The van der Waals surface area contributed by atoms with Crippen molar-refractivity contribution >= 4 is 10.8 Å². The molecular weight excluding hydrogens is 378 g/mol. The number of aromatic nitrogens is 1. The molecule has 1 aromatic heterocycles. The van der Waals surface area contributed by atoms with Crippen LogP contribution in [0.15, 0.2) is 66.7 Å². The van der Waals surface area contributed by atoms with Gasteiger partial charge >= 0.3 is 0 Å². The van der Waals surface area contributed by atoms with Crippen LogP contribution in [-0.4, -0.2) is 33.4 Å². The Labute approximate surface area is 175 Å².